The topological polar surface area (TPSA) is 66.4 Å². The van der Waals surface area contributed by atoms with Crippen LogP contribution in [-0.4, -0.2) is 55.1 Å². The SMILES string of the molecule is Cc1ccnc(N2CCCC(N(C)S(C)(=O)=O)C2)n1. The van der Waals surface area contributed by atoms with Gasteiger partial charge in [0.2, 0.25) is 16.0 Å². The Bertz CT molecular complexity index is 546. The first kappa shape index (κ1) is 14.2. The van der Waals surface area contributed by atoms with Gasteiger partial charge in [-0.3, -0.25) is 0 Å². The van der Waals surface area contributed by atoms with Gasteiger partial charge in [0.15, 0.2) is 0 Å². The van der Waals surface area contributed by atoms with Crippen LogP contribution in [-0.2, 0) is 10.0 Å². The molecule has 2 rings (SSSR count). The molecule has 1 aromatic heterocycles. The van der Waals surface area contributed by atoms with E-state index in [2.05, 4.69) is 14.9 Å². The van der Waals surface area contributed by atoms with E-state index in [1.807, 2.05) is 13.0 Å². The molecule has 0 bridgehead atoms. The molecule has 2 heterocycles. The lowest BCUT2D eigenvalue weighted by Gasteiger charge is -2.36. The van der Waals surface area contributed by atoms with Crippen LogP contribution >= 0.6 is 0 Å². The maximum atomic E-state index is 11.6. The summed E-state index contributed by atoms with van der Waals surface area (Å²) >= 11 is 0. The fourth-order valence-electron chi connectivity index (χ4n) is 2.29. The van der Waals surface area contributed by atoms with Gasteiger partial charge in [0, 0.05) is 38.1 Å². The van der Waals surface area contributed by atoms with Crippen molar-refractivity contribution in [3.05, 3.63) is 18.0 Å². The molecule has 1 unspecified atom stereocenters. The van der Waals surface area contributed by atoms with Gasteiger partial charge in [-0.15, -0.1) is 0 Å². The number of hydrogen-bond donors (Lipinski definition) is 0. The molecule has 0 amide bonds. The van der Waals surface area contributed by atoms with Crippen LogP contribution in [0, 0.1) is 6.92 Å². The number of aromatic nitrogens is 2. The Kier molecular flexibility index (Phi) is 4.05. The third kappa shape index (κ3) is 3.42. The Morgan fingerprint density at radius 1 is 1.47 bits per heavy atom. The van der Waals surface area contributed by atoms with Crippen molar-refractivity contribution in [1.82, 2.24) is 14.3 Å². The van der Waals surface area contributed by atoms with Crippen LogP contribution < -0.4 is 4.90 Å². The quantitative estimate of drug-likeness (QED) is 0.815. The smallest absolute Gasteiger partial charge is 0.225 e. The molecule has 1 aliphatic heterocycles. The van der Waals surface area contributed by atoms with Gasteiger partial charge in [-0.05, 0) is 25.8 Å². The maximum absolute atomic E-state index is 11.6. The molecular formula is C12H20N4O2S. The van der Waals surface area contributed by atoms with Gasteiger partial charge in [-0.2, -0.15) is 0 Å². The highest BCUT2D eigenvalue weighted by atomic mass is 32.2. The van der Waals surface area contributed by atoms with E-state index in [9.17, 15) is 8.42 Å². The molecule has 1 atom stereocenters. The lowest BCUT2D eigenvalue weighted by Crippen LogP contribution is -2.48. The first-order valence-electron chi connectivity index (χ1n) is 6.35. The number of aryl methyl sites for hydroxylation is 1. The molecule has 6 nitrogen and oxygen atoms in total. The molecule has 0 aromatic carbocycles. The summed E-state index contributed by atoms with van der Waals surface area (Å²) in [6.07, 6.45) is 4.81. The third-order valence-corrected chi connectivity index (χ3v) is 4.84. The van der Waals surface area contributed by atoms with E-state index in [4.69, 9.17) is 0 Å². The zero-order valence-corrected chi connectivity index (χ0v) is 12.4. The summed E-state index contributed by atoms with van der Waals surface area (Å²) < 4.78 is 24.7. The summed E-state index contributed by atoms with van der Waals surface area (Å²) in [6.45, 7) is 3.44. The Balaban J connectivity index is 2.13. The van der Waals surface area contributed by atoms with Gasteiger partial charge in [-0.25, -0.2) is 22.7 Å². The normalized spacial score (nSPS) is 20.8. The second-order valence-electron chi connectivity index (χ2n) is 5.02. The van der Waals surface area contributed by atoms with Crippen LogP contribution in [0.5, 0.6) is 0 Å². The molecule has 1 aromatic rings. The van der Waals surface area contributed by atoms with E-state index in [1.54, 1.807) is 13.2 Å². The Labute approximate surface area is 114 Å². The van der Waals surface area contributed by atoms with Crippen LogP contribution in [0.25, 0.3) is 0 Å². The highest BCUT2D eigenvalue weighted by molar-refractivity contribution is 7.88. The number of likely N-dealkylation sites (N-methyl/N-ethyl adjacent to an activating group) is 1. The average Bonchev–Trinajstić information content (AvgIpc) is 2.37. The van der Waals surface area contributed by atoms with E-state index in [-0.39, 0.29) is 6.04 Å². The largest absolute Gasteiger partial charge is 0.339 e. The van der Waals surface area contributed by atoms with Crippen LogP contribution in [0.1, 0.15) is 18.5 Å². The average molecular weight is 284 g/mol. The van der Waals surface area contributed by atoms with Gasteiger partial charge in [0.1, 0.15) is 0 Å². The standard InChI is InChI=1S/C12H20N4O2S/c1-10-6-7-13-12(14-10)16-8-4-5-11(9-16)15(2)19(3,17)18/h6-7,11H,4-5,8-9H2,1-3H3. The summed E-state index contributed by atoms with van der Waals surface area (Å²) in [4.78, 5) is 10.7. The van der Waals surface area contributed by atoms with E-state index >= 15 is 0 Å². The van der Waals surface area contributed by atoms with Gasteiger partial charge in [-0.1, -0.05) is 0 Å². The molecular weight excluding hydrogens is 264 g/mol. The predicted molar refractivity (Wildman–Crippen MR) is 74.6 cm³/mol. The van der Waals surface area contributed by atoms with Crippen LogP contribution in [0.3, 0.4) is 0 Å². The Hall–Kier alpha value is -1.21. The minimum absolute atomic E-state index is 0.00661. The molecule has 1 fully saturated rings. The number of anilines is 1. The van der Waals surface area contributed by atoms with Gasteiger partial charge < -0.3 is 4.90 Å². The monoisotopic (exact) mass is 284 g/mol. The molecule has 0 N–H and O–H groups in total. The number of piperidine rings is 1. The fraction of sp³-hybridized carbons (Fsp3) is 0.667. The zero-order valence-electron chi connectivity index (χ0n) is 11.6. The Morgan fingerprint density at radius 3 is 2.84 bits per heavy atom. The summed E-state index contributed by atoms with van der Waals surface area (Å²) in [5.74, 6) is 0.687. The first-order chi connectivity index (χ1) is 8.88. The number of sulfonamides is 1. The van der Waals surface area contributed by atoms with E-state index in [1.165, 1.54) is 10.6 Å². The predicted octanol–water partition coefficient (Wildman–Crippen LogP) is 0.645. The Morgan fingerprint density at radius 2 is 2.21 bits per heavy atom. The molecule has 1 saturated heterocycles. The second kappa shape index (κ2) is 5.42. The number of rotatable bonds is 3. The van der Waals surface area contributed by atoms with Crippen LogP contribution in [0.2, 0.25) is 0 Å². The van der Waals surface area contributed by atoms with Crippen molar-refractivity contribution in [2.45, 2.75) is 25.8 Å². The number of nitrogens with zero attached hydrogens (tertiary/aromatic N) is 4. The highest BCUT2D eigenvalue weighted by Crippen LogP contribution is 2.20. The summed E-state index contributed by atoms with van der Waals surface area (Å²) in [6, 6.07) is 1.85. The summed E-state index contributed by atoms with van der Waals surface area (Å²) in [5.41, 5.74) is 0.920. The minimum atomic E-state index is -3.15. The molecule has 19 heavy (non-hydrogen) atoms. The minimum Gasteiger partial charge on any atom is -0.339 e. The van der Waals surface area contributed by atoms with Gasteiger partial charge in [0.25, 0.3) is 0 Å². The van der Waals surface area contributed by atoms with Crippen molar-refractivity contribution in [3.63, 3.8) is 0 Å². The maximum Gasteiger partial charge on any atom is 0.225 e. The zero-order chi connectivity index (χ0) is 14.0. The first-order valence-corrected chi connectivity index (χ1v) is 8.20. The van der Waals surface area contributed by atoms with Crippen molar-refractivity contribution >= 4 is 16.0 Å². The van der Waals surface area contributed by atoms with Crippen molar-refractivity contribution in [2.75, 3.05) is 31.3 Å². The van der Waals surface area contributed by atoms with Crippen molar-refractivity contribution in [3.8, 4) is 0 Å². The highest BCUT2D eigenvalue weighted by Gasteiger charge is 2.28. The van der Waals surface area contributed by atoms with Crippen LogP contribution in [0.15, 0.2) is 12.3 Å². The lowest BCUT2D eigenvalue weighted by atomic mass is 10.1. The molecule has 0 aliphatic carbocycles. The molecule has 0 saturated carbocycles. The molecule has 106 valence electrons. The van der Waals surface area contributed by atoms with E-state index in [0.717, 1.165) is 25.1 Å². The van der Waals surface area contributed by atoms with Crippen molar-refractivity contribution in [2.24, 2.45) is 0 Å². The summed E-state index contributed by atoms with van der Waals surface area (Å²) in [5, 5.41) is 0. The van der Waals surface area contributed by atoms with Crippen molar-refractivity contribution in [1.29, 1.82) is 0 Å². The molecule has 0 spiro atoms. The van der Waals surface area contributed by atoms with Gasteiger partial charge in [0.05, 0.1) is 6.26 Å². The van der Waals surface area contributed by atoms with Crippen molar-refractivity contribution < 1.29 is 8.42 Å². The van der Waals surface area contributed by atoms with E-state index in [0.29, 0.717) is 12.5 Å². The lowest BCUT2D eigenvalue weighted by molar-refractivity contribution is 0.320. The van der Waals surface area contributed by atoms with Gasteiger partial charge >= 0.3 is 0 Å². The molecule has 0 radical (unpaired) electrons. The number of hydrogen-bond acceptors (Lipinski definition) is 5. The second-order valence-corrected chi connectivity index (χ2v) is 7.06. The van der Waals surface area contributed by atoms with E-state index < -0.39 is 10.0 Å². The molecule has 7 heteroatoms. The summed E-state index contributed by atoms with van der Waals surface area (Å²) in [7, 11) is -1.51. The molecule has 1 aliphatic rings. The third-order valence-electron chi connectivity index (χ3n) is 3.50. The van der Waals surface area contributed by atoms with Crippen LogP contribution in [0.4, 0.5) is 5.95 Å². The fourth-order valence-corrected chi connectivity index (χ4v) is 3.01.